The largest absolute Gasteiger partial charge is 0.459 e. The van der Waals surface area contributed by atoms with E-state index < -0.39 is 0 Å². The summed E-state index contributed by atoms with van der Waals surface area (Å²) in [6, 6.07) is 0. The lowest BCUT2D eigenvalue weighted by Gasteiger charge is -2.21. The third-order valence-electron chi connectivity index (χ3n) is 3.69. The standard InChI is InChI=1S/C12H16O3/c1-7(2)12(14)15-11-5-8-3-4-9(11)10(8)6-13/h6,8-11H,1,3-5H2,2H3. The van der Waals surface area contributed by atoms with Crippen LogP contribution in [0.4, 0.5) is 0 Å². The maximum atomic E-state index is 11.4. The predicted octanol–water partition coefficient (Wildman–Crippen LogP) is 1.72. The summed E-state index contributed by atoms with van der Waals surface area (Å²) in [7, 11) is 0. The second kappa shape index (κ2) is 3.80. The van der Waals surface area contributed by atoms with E-state index in [0.717, 1.165) is 25.5 Å². The fourth-order valence-electron chi connectivity index (χ4n) is 2.91. The van der Waals surface area contributed by atoms with Gasteiger partial charge in [-0.3, -0.25) is 0 Å². The molecule has 2 rings (SSSR count). The normalized spacial score (nSPS) is 37.7. The second-order valence-electron chi connectivity index (χ2n) is 4.67. The number of rotatable bonds is 3. The Kier molecular flexibility index (Phi) is 2.63. The lowest BCUT2D eigenvalue weighted by atomic mass is 9.97. The summed E-state index contributed by atoms with van der Waals surface area (Å²) in [5.74, 6) is 0.497. The average Bonchev–Trinajstić information content (AvgIpc) is 2.73. The van der Waals surface area contributed by atoms with Gasteiger partial charge >= 0.3 is 5.97 Å². The van der Waals surface area contributed by atoms with Crippen molar-refractivity contribution in [1.29, 1.82) is 0 Å². The molecule has 0 aromatic carbocycles. The lowest BCUT2D eigenvalue weighted by Crippen LogP contribution is -2.25. The van der Waals surface area contributed by atoms with Gasteiger partial charge in [-0.2, -0.15) is 0 Å². The molecule has 4 unspecified atom stereocenters. The summed E-state index contributed by atoms with van der Waals surface area (Å²) >= 11 is 0. The Labute approximate surface area is 89.5 Å². The second-order valence-corrected chi connectivity index (χ2v) is 4.67. The molecular weight excluding hydrogens is 192 g/mol. The van der Waals surface area contributed by atoms with E-state index in [2.05, 4.69) is 6.58 Å². The molecular formula is C12H16O3. The van der Waals surface area contributed by atoms with Crippen LogP contribution in [0.1, 0.15) is 26.2 Å². The summed E-state index contributed by atoms with van der Waals surface area (Å²) in [5.41, 5.74) is 0.431. The molecule has 0 heterocycles. The Bertz CT molecular complexity index is 308. The molecule has 0 radical (unpaired) electrons. The Hall–Kier alpha value is -1.12. The van der Waals surface area contributed by atoms with E-state index in [0.29, 0.717) is 11.5 Å². The molecule has 15 heavy (non-hydrogen) atoms. The smallest absolute Gasteiger partial charge is 0.333 e. The van der Waals surface area contributed by atoms with E-state index in [1.807, 2.05) is 0 Å². The van der Waals surface area contributed by atoms with Crippen LogP contribution in [-0.4, -0.2) is 18.4 Å². The van der Waals surface area contributed by atoms with Gasteiger partial charge in [0.15, 0.2) is 0 Å². The van der Waals surface area contributed by atoms with Crippen molar-refractivity contribution in [1.82, 2.24) is 0 Å². The molecule has 0 saturated heterocycles. The number of ether oxygens (including phenoxy) is 1. The van der Waals surface area contributed by atoms with Crippen LogP contribution < -0.4 is 0 Å². The molecule has 3 nitrogen and oxygen atoms in total. The minimum absolute atomic E-state index is 0.0526. The van der Waals surface area contributed by atoms with E-state index in [1.54, 1.807) is 6.92 Å². The summed E-state index contributed by atoms with van der Waals surface area (Å²) in [6.07, 6.45) is 3.96. The van der Waals surface area contributed by atoms with Crippen molar-refractivity contribution in [2.75, 3.05) is 0 Å². The summed E-state index contributed by atoms with van der Waals surface area (Å²) in [6.45, 7) is 5.20. The molecule has 82 valence electrons. The lowest BCUT2D eigenvalue weighted by molar-refractivity contribution is -0.147. The van der Waals surface area contributed by atoms with Crippen molar-refractivity contribution in [2.45, 2.75) is 32.3 Å². The number of aldehydes is 1. The molecule has 0 aromatic heterocycles. The number of esters is 1. The SMILES string of the molecule is C=C(C)C(=O)OC1CC2CCC1C2C=O. The zero-order valence-electron chi connectivity index (χ0n) is 8.94. The van der Waals surface area contributed by atoms with E-state index >= 15 is 0 Å². The quantitative estimate of drug-likeness (QED) is 0.403. The highest BCUT2D eigenvalue weighted by Gasteiger charge is 2.49. The Balaban J connectivity index is 2.00. The fourth-order valence-corrected chi connectivity index (χ4v) is 2.91. The van der Waals surface area contributed by atoms with Crippen LogP contribution in [0.2, 0.25) is 0 Å². The first kappa shape index (κ1) is 10.4. The molecule has 2 bridgehead atoms. The van der Waals surface area contributed by atoms with Gasteiger partial charge in [0.1, 0.15) is 12.4 Å². The summed E-state index contributed by atoms with van der Waals surface area (Å²) in [5, 5.41) is 0. The molecule has 2 aliphatic carbocycles. The molecule has 2 saturated carbocycles. The van der Waals surface area contributed by atoms with Gasteiger partial charge < -0.3 is 9.53 Å². The minimum atomic E-state index is -0.322. The van der Waals surface area contributed by atoms with Crippen LogP contribution >= 0.6 is 0 Å². The first-order valence-corrected chi connectivity index (χ1v) is 5.45. The zero-order valence-corrected chi connectivity index (χ0v) is 8.94. The first-order valence-electron chi connectivity index (χ1n) is 5.45. The van der Waals surface area contributed by atoms with Crippen LogP contribution in [0, 0.1) is 17.8 Å². The van der Waals surface area contributed by atoms with Gasteiger partial charge in [-0.25, -0.2) is 4.79 Å². The summed E-state index contributed by atoms with van der Waals surface area (Å²) in [4.78, 5) is 22.2. The van der Waals surface area contributed by atoms with Gasteiger partial charge in [0.2, 0.25) is 0 Å². The Morgan fingerprint density at radius 2 is 2.20 bits per heavy atom. The number of hydrogen-bond acceptors (Lipinski definition) is 3. The highest BCUT2D eigenvalue weighted by Crippen LogP contribution is 2.49. The van der Waals surface area contributed by atoms with Gasteiger partial charge in [-0.05, 0) is 32.1 Å². The molecule has 0 aliphatic heterocycles. The van der Waals surface area contributed by atoms with Crippen molar-refractivity contribution in [3.63, 3.8) is 0 Å². The van der Waals surface area contributed by atoms with Crippen LogP contribution in [0.15, 0.2) is 12.2 Å². The third kappa shape index (κ3) is 1.71. The molecule has 3 heteroatoms. The average molecular weight is 208 g/mol. The fraction of sp³-hybridized carbons (Fsp3) is 0.667. The highest BCUT2D eigenvalue weighted by atomic mass is 16.5. The van der Waals surface area contributed by atoms with E-state index in [9.17, 15) is 9.59 Å². The number of fused-ring (bicyclic) bond motifs is 2. The van der Waals surface area contributed by atoms with E-state index in [1.165, 1.54) is 0 Å². The van der Waals surface area contributed by atoms with Crippen LogP contribution in [0.3, 0.4) is 0 Å². The maximum Gasteiger partial charge on any atom is 0.333 e. The van der Waals surface area contributed by atoms with E-state index in [-0.39, 0.29) is 23.9 Å². The topological polar surface area (TPSA) is 43.4 Å². The van der Waals surface area contributed by atoms with Gasteiger partial charge in [0.25, 0.3) is 0 Å². The van der Waals surface area contributed by atoms with Gasteiger partial charge in [0, 0.05) is 17.4 Å². The predicted molar refractivity (Wildman–Crippen MR) is 55.1 cm³/mol. The van der Waals surface area contributed by atoms with Crippen molar-refractivity contribution in [3.8, 4) is 0 Å². The first-order chi connectivity index (χ1) is 7.13. The summed E-state index contributed by atoms with van der Waals surface area (Å²) < 4.78 is 5.34. The number of carbonyl (C=O) groups is 2. The van der Waals surface area contributed by atoms with Crippen molar-refractivity contribution in [2.24, 2.45) is 17.8 Å². The number of carbonyl (C=O) groups excluding carboxylic acids is 2. The van der Waals surface area contributed by atoms with Crippen LogP contribution in [-0.2, 0) is 14.3 Å². The zero-order chi connectivity index (χ0) is 11.0. The Morgan fingerprint density at radius 1 is 1.47 bits per heavy atom. The molecule has 0 amide bonds. The molecule has 4 atom stereocenters. The number of hydrogen-bond donors (Lipinski definition) is 0. The molecule has 2 fully saturated rings. The highest BCUT2D eigenvalue weighted by molar-refractivity contribution is 5.87. The molecule has 0 spiro atoms. The van der Waals surface area contributed by atoms with E-state index in [4.69, 9.17) is 4.74 Å². The third-order valence-corrected chi connectivity index (χ3v) is 3.69. The van der Waals surface area contributed by atoms with Gasteiger partial charge in [0.05, 0.1) is 0 Å². The van der Waals surface area contributed by atoms with Gasteiger partial charge in [-0.1, -0.05) is 6.58 Å². The molecule has 0 aromatic rings. The van der Waals surface area contributed by atoms with Crippen molar-refractivity contribution in [3.05, 3.63) is 12.2 Å². The van der Waals surface area contributed by atoms with Crippen molar-refractivity contribution >= 4 is 12.3 Å². The van der Waals surface area contributed by atoms with Crippen LogP contribution in [0.25, 0.3) is 0 Å². The Morgan fingerprint density at radius 3 is 2.73 bits per heavy atom. The van der Waals surface area contributed by atoms with Crippen molar-refractivity contribution < 1.29 is 14.3 Å². The van der Waals surface area contributed by atoms with Crippen LogP contribution in [0.5, 0.6) is 0 Å². The molecule has 0 N–H and O–H groups in total. The molecule has 2 aliphatic rings. The van der Waals surface area contributed by atoms with Gasteiger partial charge in [-0.15, -0.1) is 0 Å². The monoisotopic (exact) mass is 208 g/mol. The maximum absolute atomic E-state index is 11.4. The minimum Gasteiger partial charge on any atom is -0.459 e.